The summed E-state index contributed by atoms with van der Waals surface area (Å²) in [5.74, 6) is -0.502. The fraction of sp³-hybridized carbons (Fsp3) is 0.227. The van der Waals surface area contributed by atoms with Gasteiger partial charge in [0.1, 0.15) is 0 Å². The first-order valence-corrected chi connectivity index (χ1v) is 10.9. The Morgan fingerprint density at radius 2 is 1.50 bits per heavy atom. The lowest BCUT2D eigenvalue weighted by molar-refractivity contribution is -0.138. The standard InChI is InChI=1S/C22H25N2O3P/c1-4-21(22(25)27-5-2)18(3)28(26)23(19-12-8-6-9-13-19)16-17-24(28)20-14-10-7-11-15-20/h4,6-15H,3,5,16-17H2,1-2H3/b21-4-. The molecule has 28 heavy (non-hydrogen) atoms. The van der Waals surface area contributed by atoms with Crippen LogP contribution in [0, 0.1) is 0 Å². The van der Waals surface area contributed by atoms with E-state index in [-0.39, 0.29) is 12.2 Å². The first-order chi connectivity index (χ1) is 13.5. The van der Waals surface area contributed by atoms with Gasteiger partial charge in [-0.2, -0.15) is 0 Å². The molecular formula is C22H25N2O3P. The van der Waals surface area contributed by atoms with E-state index in [1.165, 1.54) is 0 Å². The number of para-hydroxylation sites is 2. The number of esters is 1. The Labute approximate surface area is 166 Å². The molecular weight excluding hydrogens is 371 g/mol. The van der Waals surface area contributed by atoms with Crippen LogP contribution in [0.5, 0.6) is 0 Å². The summed E-state index contributed by atoms with van der Waals surface area (Å²) in [5, 5.41) is 0.290. The van der Waals surface area contributed by atoms with Gasteiger partial charge in [0, 0.05) is 24.5 Å². The topological polar surface area (TPSA) is 49.9 Å². The van der Waals surface area contributed by atoms with Gasteiger partial charge >= 0.3 is 5.97 Å². The monoisotopic (exact) mass is 396 g/mol. The van der Waals surface area contributed by atoms with E-state index < -0.39 is 13.4 Å². The molecule has 3 rings (SSSR count). The molecule has 0 amide bonds. The molecule has 0 bridgehead atoms. The van der Waals surface area contributed by atoms with Gasteiger partial charge in [-0.05, 0) is 38.1 Å². The van der Waals surface area contributed by atoms with Gasteiger partial charge in [-0.15, -0.1) is 0 Å². The van der Waals surface area contributed by atoms with Crippen molar-refractivity contribution in [2.75, 3.05) is 29.0 Å². The first-order valence-electron chi connectivity index (χ1n) is 9.33. The van der Waals surface area contributed by atoms with Crippen LogP contribution in [-0.2, 0) is 14.1 Å². The SMILES string of the molecule is C=C(/C(=C/C)C(=O)OCC)P1(=O)N(c2ccccc2)CCN1c1ccccc1. The fourth-order valence-electron chi connectivity index (χ4n) is 3.42. The maximum absolute atomic E-state index is 14.6. The van der Waals surface area contributed by atoms with Gasteiger partial charge in [-0.3, -0.25) is 4.57 Å². The van der Waals surface area contributed by atoms with Crippen LogP contribution >= 0.6 is 7.44 Å². The molecule has 0 saturated carbocycles. The molecule has 0 aliphatic carbocycles. The highest BCUT2D eigenvalue weighted by molar-refractivity contribution is 7.72. The van der Waals surface area contributed by atoms with Crippen LogP contribution in [-0.4, -0.2) is 25.7 Å². The lowest BCUT2D eigenvalue weighted by Gasteiger charge is -2.34. The van der Waals surface area contributed by atoms with Gasteiger partial charge in [0.25, 0.3) is 7.44 Å². The minimum Gasteiger partial charge on any atom is -0.462 e. The van der Waals surface area contributed by atoms with E-state index in [1.54, 1.807) is 19.9 Å². The molecule has 1 fully saturated rings. The van der Waals surface area contributed by atoms with Crippen molar-refractivity contribution in [3.63, 3.8) is 0 Å². The summed E-state index contributed by atoms with van der Waals surface area (Å²) in [6.07, 6.45) is 1.63. The molecule has 1 saturated heterocycles. The highest BCUT2D eigenvalue weighted by atomic mass is 31.2. The quantitative estimate of drug-likeness (QED) is 0.290. The number of carbonyl (C=O) groups is 1. The van der Waals surface area contributed by atoms with E-state index in [1.807, 2.05) is 70.0 Å². The van der Waals surface area contributed by atoms with Crippen molar-refractivity contribution in [1.29, 1.82) is 0 Å². The Morgan fingerprint density at radius 3 is 1.89 bits per heavy atom. The van der Waals surface area contributed by atoms with Gasteiger partial charge in [0.2, 0.25) is 0 Å². The Morgan fingerprint density at radius 1 is 1.04 bits per heavy atom. The zero-order valence-corrected chi connectivity index (χ0v) is 17.1. The number of allylic oxidation sites excluding steroid dienone is 1. The third-order valence-corrected chi connectivity index (χ3v) is 7.85. The zero-order chi connectivity index (χ0) is 20.1. The third kappa shape index (κ3) is 3.50. The highest BCUT2D eigenvalue weighted by Crippen LogP contribution is 2.66. The molecule has 146 valence electrons. The molecule has 5 nitrogen and oxygen atoms in total. The second-order valence-electron chi connectivity index (χ2n) is 6.33. The van der Waals surface area contributed by atoms with Crippen molar-refractivity contribution in [3.8, 4) is 0 Å². The van der Waals surface area contributed by atoms with E-state index in [0.717, 1.165) is 11.4 Å². The summed E-state index contributed by atoms with van der Waals surface area (Å²) in [4.78, 5) is 12.5. The van der Waals surface area contributed by atoms with E-state index in [0.29, 0.717) is 18.4 Å². The predicted octanol–water partition coefficient (Wildman–Crippen LogP) is 5.23. The maximum atomic E-state index is 14.6. The largest absolute Gasteiger partial charge is 0.462 e. The van der Waals surface area contributed by atoms with Crippen LogP contribution in [0.25, 0.3) is 0 Å². The van der Waals surface area contributed by atoms with E-state index >= 15 is 0 Å². The van der Waals surface area contributed by atoms with Crippen LogP contribution in [0.1, 0.15) is 13.8 Å². The van der Waals surface area contributed by atoms with E-state index in [9.17, 15) is 9.36 Å². The Bertz CT molecular complexity index is 874. The van der Waals surface area contributed by atoms with Gasteiger partial charge in [0.15, 0.2) is 0 Å². The Hall–Kier alpha value is -2.78. The average Bonchev–Trinajstić information content (AvgIpc) is 3.08. The van der Waals surface area contributed by atoms with Crippen LogP contribution in [0.4, 0.5) is 11.4 Å². The average molecular weight is 396 g/mol. The van der Waals surface area contributed by atoms with E-state index in [2.05, 4.69) is 6.58 Å². The number of ether oxygens (including phenoxy) is 1. The van der Waals surface area contributed by atoms with Crippen molar-refractivity contribution in [2.24, 2.45) is 0 Å². The number of anilines is 2. The van der Waals surface area contributed by atoms with Gasteiger partial charge in [-0.25, -0.2) is 4.79 Å². The molecule has 0 radical (unpaired) electrons. The lowest BCUT2D eigenvalue weighted by atomic mass is 10.2. The van der Waals surface area contributed by atoms with Crippen LogP contribution < -0.4 is 9.34 Å². The van der Waals surface area contributed by atoms with Crippen molar-refractivity contribution < 1.29 is 14.1 Å². The summed E-state index contributed by atoms with van der Waals surface area (Å²) in [6.45, 7) is 8.98. The molecule has 0 aromatic heterocycles. The molecule has 0 atom stereocenters. The highest BCUT2D eigenvalue weighted by Gasteiger charge is 2.47. The predicted molar refractivity (Wildman–Crippen MR) is 115 cm³/mol. The summed E-state index contributed by atoms with van der Waals surface area (Å²) >= 11 is 0. The first kappa shape index (κ1) is 20.0. The normalized spacial score (nSPS) is 16.1. The summed E-state index contributed by atoms with van der Waals surface area (Å²) < 4.78 is 23.5. The number of nitrogens with zero attached hydrogens (tertiary/aromatic N) is 2. The molecule has 1 heterocycles. The molecule has 0 N–H and O–H groups in total. The van der Waals surface area contributed by atoms with E-state index in [4.69, 9.17) is 4.74 Å². The molecule has 0 unspecified atom stereocenters. The molecule has 2 aromatic rings. The van der Waals surface area contributed by atoms with Gasteiger partial charge in [-0.1, -0.05) is 49.1 Å². The third-order valence-electron chi connectivity index (χ3n) is 4.73. The van der Waals surface area contributed by atoms with Crippen molar-refractivity contribution in [3.05, 3.63) is 84.2 Å². The lowest BCUT2D eigenvalue weighted by Crippen LogP contribution is -2.22. The second kappa shape index (κ2) is 8.49. The zero-order valence-electron chi connectivity index (χ0n) is 16.2. The number of hydrogen-bond donors (Lipinski definition) is 0. The van der Waals surface area contributed by atoms with Crippen molar-refractivity contribution >= 4 is 24.8 Å². The van der Waals surface area contributed by atoms with Crippen molar-refractivity contribution in [1.82, 2.24) is 0 Å². The summed E-state index contributed by atoms with van der Waals surface area (Å²) in [6, 6.07) is 19.2. The summed E-state index contributed by atoms with van der Waals surface area (Å²) in [7, 11) is -3.37. The molecule has 1 aliphatic rings. The number of rotatable bonds is 6. The van der Waals surface area contributed by atoms with Crippen LogP contribution in [0.2, 0.25) is 0 Å². The number of benzene rings is 2. The second-order valence-corrected chi connectivity index (χ2v) is 8.92. The molecule has 6 heteroatoms. The molecule has 0 spiro atoms. The summed E-state index contributed by atoms with van der Waals surface area (Å²) in [5.41, 5.74) is 1.93. The van der Waals surface area contributed by atoms with Crippen LogP contribution in [0.15, 0.2) is 84.2 Å². The van der Waals surface area contributed by atoms with Gasteiger partial charge in [0.05, 0.1) is 17.5 Å². The fourth-order valence-corrected chi connectivity index (χ4v) is 6.41. The number of carbonyl (C=O) groups excluding carboxylic acids is 1. The Balaban J connectivity index is 2.11. The maximum Gasteiger partial charge on any atom is 0.338 e. The molecule has 2 aromatic carbocycles. The number of hydrogen-bond acceptors (Lipinski definition) is 3. The van der Waals surface area contributed by atoms with Crippen LogP contribution in [0.3, 0.4) is 0 Å². The minimum absolute atomic E-state index is 0.249. The minimum atomic E-state index is -3.37. The van der Waals surface area contributed by atoms with Gasteiger partial charge < -0.3 is 14.1 Å². The smallest absolute Gasteiger partial charge is 0.338 e. The molecule has 1 aliphatic heterocycles. The Kier molecular flexibility index (Phi) is 6.05. The van der Waals surface area contributed by atoms with Crippen molar-refractivity contribution in [2.45, 2.75) is 13.8 Å².